The number of hydrogen-bond donors (Lipinski definition) is 2. The summed E-state index contributed by atoms with van der Waals surface area (Å²) in [6.07, 6.45) is 1.45. The summed E-state index contributed by atoms with van der Waals surface area (Å²) in [5, 5.41) is 9.48. The lowest BCUT2D eigenvalue weighted by atomic mass is 10.3. The van der Waals surface area contributed by atoms with Gasteiger partial charge in [-0.15, -0.1) is 35.3 Å². The zero-order valence-electron chi connectivity index (χ0n) is 12.8. The largest absolute Gasteiger partial charge is 0.357 e. The van der Waals surface area contributed by atoms with Gasteiger partial charge in [-0.25, -0.2) is 13.4 Å². The predicted molar refractivity (Wildman–Crippen MR) is 102 cm³/mol. The molecule has 2 N–H and O–H groups in total. The van der Waals surface area contributed by atoms with Gasteiger partial charge in [0, 0.05) is 30.9 Å². The van der Waals surface area contributed by atoms with Crippen molar-refractivity contribution in [2.24, 2.45) is 4.99 Å². The van der Waals surface area contributed by atoms with E-state index in [0.717, 1.165) is 23.7 Å². The Hall–Kier alpha value is -0.420. The minimum absolute atomic E-state index is 0. The number of aliphatic imine (C=N–C) groups is 1. The van der Waals surface area contributed by atoms with Crippen molar-refractivity contribution in [3.05, 3.63) is 16.1 Å². The molecule has 0 aromatic carbocycles. The van der Waals surface area contributed by atoms with Gasteiger partial charge in [-0.2, -0.15) is 0 Å². The minimum Gasteiger partial charge on any atom is -0.357 e. The Morgan fingerprint density at radius 1 is 1.55 bits per heavy atom. The quantitative estimate of drug-likeness (QED) is 0.396. The normalized spacial score (nSPS) is 20.5. The van der Waals surface area contributed by atoms with Gasteiger partial charge in [0.2, 0.25) is 0 Å². The Morgan fingerprint density at radius 2 is 2.32 bits per heavy atom. The van der Waals surface area contributed by atoms with Gasteiger partial charge in [0.1, 0.15) is 0 Å². The number of nitrogens with one attached hydrogen (secondary N) is 2. The van der Waals surface area contributed by atoms with E-state index in [1.54, 1.807) is 11.3 Å². The SMILES string of the molecule is CCNC(=NCCc1csc(C)n1)NC1CCS(=O)(=O)C1.I. The van der Waals surface area contributed by atoms with Crippen LogP contribution >= 0.6 is 35.3 Å². The molecule has 1 unspecified atom stereocenters. The third-order valence-corrected chi connectivity index (χ3v) is 5.81. The van der Waals surface area contributed by atoms with E-state index in [1.165, 1.54) is 0 Å². The summed E-state index contributed by atoms with van der Waals surface area (Å²) in [6, 6.07) is -0.0330. The summed E-state index contributed by atoms with van der Waals surface area (Å²) in [6.45, 7) is 5.37. The second kappa shape index (κ2) is 9.02. The lowest BCUT2D eigenvalue weighted by Crippen LogP contribution is -2.44. The number of thiazole rings is 1. The minimum atomic E-state index is -2.87. The number of sulfone groups is 1. The Balaban J connectivity index is 0.00000242. The fraction of sp³-hybridized carbons (Fsp3) is 0.692. The van der Waals surface area contributed by atoms with Crippen LogP contribution in [0.4, 0.5) is 0 Å². The molecule has 1 aliphatic heterocycles. The van der Waals surface area contributed by atoms with E-state index in [9.17, 15) is 8.42 Å². The average molecular weight is 458 g/mol. The molecule has 6 nitrogen and oxygen atoms in total. The smallest absolute Gasteiger partial charge is 0.191 e. The van der Waals surface area contributed by atoms with E-state index in [2.05, 4.69) is 26.0 Å². The van der Waals surface area contributed by atoms with Gasteiger partial charge in [0.05, 0.1) is 22.2 Å². The molecule has 0 aliphatic carbocycles. The second-order valence-electron chi connectivity index (χ2n) is 5.11. The average Bonchev–Trinajstić information content (AvgIpc) is 2.96. The first-order valence-corrected chi connectivity index (χ1v) is 9.85. The molecule has 9 heteroatoms. The van der Waals surface area contributed by atoms with Gasteiger partial charge >= 0.3 is 0 Å². The van der Waals surface area contributed by atoms with Gasteiger partial charge in [-0.3, -0.25) is 4.99 Å². The highest BCUT2D eigenvalue weighted by Gasteiger charge is 2.28. The molecule has 2 rings (SSSR count). The maximum atomic E-state index is 11.5. The van der Waals surface area contributed by atoms with Crippen molar-refractivity contribution in [1.82, 2.24) is 15.6 Å². The highest BCUT2D eigenvalue weighted by molar-refractivity contribution is 14.0. The van der Waals surface area contributed by atoms with Gasteiger partial charge in [0.25, 0.3) is 0 Å². The molecule has 0 amide bonds. The number of halogens is 1. The van der Waals surface area contributed by atoms with E-state index in [-0.39, 0.29) is 41.5 Å². The van der Waals surface area contributed by atoms with Crippen LogP contribution in [0.3, 0.4) is 0 Å². The molecule has 1 aliphatic rings. The topological polar surface area (TPSA) is 83.4 Å². The Labute approximate surface area is 153 Å². The highest BCUT2D eigenvalue weighted by atomic mass is 127. The van der Waals surface area contributed by atoms with Crippen molar-refractivity contribution in [2.45, 2.75) is 32.7 Å². The first kappa shape index (κ1) is 19.6. The van der Waals surface area contributed by atoms with Crippen LogP contribution < -0.4 is 10.6 Å². The zero-order valence-corrected chi connectivity index (χ0v) is 16.8. The maximum Gasteiger partial charge on any atom is 0.191 e. The van der Waals surface area contributed by atoms with Crippen molar-refractivity contribution in [3.63, 3.8) is 0 Å². The van der Waals surface area contributed by atoms with E-state index in [0.29, 0.717) is 18.9 Å². The lowest BCUT2D eigenvalue weighted by Gasteiger charge is -2.15. The fourth-order valence-corrected chi connectivity index (χ4v) is 4.55. The van der Waals surface area contributed by atoms with Crippen molar-refractivity contribution in [2.75, 3.05) is 24.6 Å². The molecule has 1 aromatic rings. The Bertz CT molecular complexity index is 601. The number of nitrogens with zero attached hydrogens (tertiary/aromatic N) is 2. The highest BCUT2D eigenvalue weighted by Crippen LogP contribution is 2.11. The van der Waals surface area contributed by atoms with E-state index < -0.39 is 9.84 Å². The van der Waals surface area contributed by atoms with Crippen molar-refractivity contribution >= 4 is 51.1 Å². The Morgan fingerprint density at radius 3 is 2.86 bits per heavy atom. The number of hydrogen-bond acceptors (Lipinski definition) is 5. The van der Waals surface area contributed by atoms with Crippen molar-refractivity contribution in [3.8, 4) is 0 Å². The summed E-state index contributed by atoms with van der Waals surface area (Å²) in [7, 11) is -2.87. The van der Waals surface area contributed by atoms with E-state index >= 15 is 0 Å². The molecule has 1 fully saturated rings. The molecule has 0 bridgehead atoms. The zero-order chi connectivity index (χ0) is 15.3. The molecule has 126 valence electrons. The van der Waals surface area contributed by atoms with Gasteiger partial charge in [-0.1, -0.05) is 0 Å². The van der Waals surface area contributed by atoms with Crippen LogP contribution in [0.5, 0.6) is 0 Å². The third kappa shape index (κ3) is 6.37. The molecule has 1 aromatic heterocycles. The lowest BCUT2D eigenvalue weighted by molar-refractivity contribution is 0.599. The van der Waals surface area contributed by atoms with Gasteiger partial charge < -0.3 is 10.6 Å². The van der Waals surface area contributed by atoms with Gasteiger partial charge in [-0.05, 0) is 20.3 Å². The molecule has 1 atom stereocenters. The van der Waals surface area contributed by atoms with Crippen molar-refractivity contribution in [1.29, 1.82) is 0 Å². The summed E-state index contributed by atoms with van der Waals surface area (Å²) in [5.41, 5.74) is 1.06. The second-order valence-corrected chi connectivity index (χ2v) is 8.40. The van der Waals surface area contributed by atoms with Crippen LogP contribution in [0, 0.1) is 6.92 Å². The van der Waals surface area contributed by atoms with Crippen LogP contribution in [0.1, 0.15) is 24.0 Å². The summed E-state index contributed by atoms with van der Waals surface area (Å²) in [5.74, 6) is 1.15. The maximum absolute atomic E-state index is 11.5. The first-order valence-electron chi connectivity index (χ1n) is 7.15. The predicted octanol–water partition coefficient (Wildman–Crippen LogP) is 1.35. The molecule has 22 heavy (non-hydrogen) atoms. The number of guanidine groups is 1. The van der Waals surface area contributed by atoms with Crippen molar-refractivity contribution < 1.29 is 8.42 Å². The summed E-state index contributed by atoms with van der Waals surface area (Å²) >= 11 is 1.64. The van der Waals surface area contributed by atoms with Crippen LogP contribution in [-0.2, 0) is 16.3 Å². The van der Waals surface area contributed by atoms with Gasteiger partial charge in [0.15, 0.2) is 15.8 Å². The molecule has 0 saturated carbocycles. The molecule has 1 saturated heterocycles. The Kier molecular flexibility index (Phi) is 8.04. The molecule has 0 spiro atoms. The number of aryl methyl sites for hydroxylation is 1. The monoisotopic (exact) mass is 458 g/mol. The summed E-state index contributed by atoms with van der Waals surface area (Å²) in [4.78, 5) is 8.90. The first-order chi connectivity index (χ1) is 9.98. The van der Waals surface area contributed by atoms with E-state index in [4.69, 9.17) is 0 Å². The van der Waals surface area contributed by atoms with Crippen LogP contribution in [0.15, 0.2) is 10.4 Å². The fourth-order valence-electron chi connectivity index (χ4n) is 2.23. The summed E-state index contributed by atoms with van der Waals surface area (Å²) < 4.78 is 22.9. The van der Waals surface area contributed by atoms with Crippen LogP contribution in [0.25, 0.3) is 0 Å². The number of rotatable bonds is 5. The molecular formula is C13H23IN4O2S2. The molecule has 2 heterocycles. The molecule has 0 radical (unpaired) electrons. The van der Waals surface area contributed by atoms with Crippen LogP contribution in [-0.4, -0.2) is 50.0 Å². The standard InChI is InChI=1S/C13H22N4O2S2.HI/c1-3-14-13(17-12-5-7-21(18,19)9-12)15-6-4-11-8-20-10(2)16-11;/h8,12H,3-7,9H2,1-2H3,(H2,14,15,17);1H. The third-order valence-electron chi connectivity index (χ3n) is 3.22. The van der Waals surface area contributed by atoms with Crippen LogP contribution in [0.2, 0.25) is 0 Å². The number of aromatic nitrogens is 1. The van der Waals surface area contributed by atoms with E-state index in [1.807, 2.05) is 13.8 Å². The molecular weight excluding hydrogens is 435 g/mol.